The van der Waals surface area contributed by atoms with E-state index in [2.05, 4.69) is 13.8 Å². The number of allylic oxidation sites excluding steroid dienone is 1. The van der Waals surface area contributed by atoms with Crippen molar-refractivity contribution in [2.75, 3.05) is 6.61 Å². The molecule has 2 N–H and O–H groups in total. The maximum Gasteiger partial charge on any atom is 0.330 e. The molecule has 72 valence electrons. The summed E-state index contributed by atoms with van der Waals surface area (Å²) in [6.07, 6.45) is 4.27. The molecule has 0 saturated heterocycles. The lowest BCUT2D eigenvalue weighted by atomic mass is 10.1. The first-order valence-electron chi connectivity index (χ1n) is 4.00. The summed E-state index contributed by atoms with van der Waals surface area (Å²) in [7, 11) is 0. The number of rotatable bonds is 4. The van der Waals surface area contributed by atoms with Crippen LogP contribution in [0, 0.1) is 5.92 Å². The van der Waals surface area contributed by atoms with Gasteiger partial charge in [-0.3, -0.25) is 0 Å². The first kappa shape index (κ1) is 13.7. The number of esters is 1. The van der Waals surface area contributed by atoms with Gasteiger partial charge in [0.25, 0.3) is 0 Å². The molecule has 0 aromatic heterocycles. The Balaban J connectivity index is 0. The summed E-state index contributed by atoms with van der Waals surface area (Å²) in [5.74, 6) is 0.355. The van der Waals surface area contributed by atoms with Crippen LogP contribution >= 0.6 is 0 Å². The summed E-state index contributed by atoms with van der Waals surface area (Å²) >= 11 is 0. The lowest BCUT2D eigenvalue weighted by Gasteiger charge is -1.97. The molecule has 0 aliphatic rings. The largest absolute Gasteiger partial charge is 0.463 e. The molecular weight excluding hydrogens is 156 g/mol. The predicted octanol–water partition coefficient (Wildman–Crippen LogP) is 1.33. The van der Waals surface area contributed by atoms with Gasteiger partial charge in [0, 0.05) is 6.08 Å². The fourth-order valence-corrected chi connectivity index (χ4v) is 0.627. The molecular formula is C9H18O3. The Morgan fingerprint density at radius 1 is 1.50 bits per heavy atom. The third-order valence-corrected chi connectivity index (χ3v) is 1.15. The van der Waals surface area contributed by atoms with Crippen molar-refractivity contribution >= 4 is 5.97 Å². The third-order valence-electron chi connectivity index (χ3n) is 1.15. The van der Waals surface area contributed by atoms with E-state index in [1.807, 2.05) is 6.08 Å². The van der Waals surface area contributed by atoms with Gasteiger partial charge in [0.2, 0.25) is 0 Å². The maximum absolute atomic E-state index is 10.7. The Hall–Kier alpha value is -0.830. The SMILES string of the molecule is CCOC(=O)/C=C/CC(C)C.O. The molecule has 0 amide bonds. The molecule has 0 unspecified atom stereocenters. The highest BCUT2D eigenvalue weighted by Gasteiger charge is 1.93. The van der Waals surface area contributed by atoms with Crippen LogP contribution in [-0.4, -0.2) is 18.1 Å². The fraction of sp³-hybridized carbons (Fsp3) is 0.667. The second kappa shape index (κ2) is 8.27. The quantitative estimate of drug-likeness (QED) is 0.477. The minimum Gasteiger partial charge on any atom is -0.463 e. The van der Waals surface area contributed by atoms with Crippen molar-refractivity contribution in [2.45, 2.75) is 27.2 Å². The molecule has 0 saturated carbocycles. The Morgan fingerprint density at radius 2 is 2.08 bits per heavy atom. The Bertz CT molecular complexity index is 139. The van der Waals surface area contributed by atoms with Crippen LogP contribution in [0.3, 0.4) is 0 Å². The molecule has 3 heteroatoms. The monoisotopic (exact) mass is 174 g/mol. The zero-order valence-electron chi connectivity index (χ0n) is 7.96. The summed E-state index contributed by atoms with van der Waals surface area (Å²) in [5.41, 5.74) is 0. The highest BCUT2D eigenvalue weighted by molar-refractivity contribution is 5.81. The van der Waals surface area contributed by atoms with Gasteiger partial charge >= 0.3 is 5.97 Å². The second-order valence-electron chi connectivity index (χ2n) is 2.78. The molecule has 0 aliphatic carbocycles. The molecule has 12 heavy (non-hydrogen) atoms. The van der Waals surface area contributed by atoms with Crippen molar-refractivity contribution in [3.8, 4) is 0 Å². The lowest BCUT2D eigenvalue weighted by Crippen LogP contribution is -1.99. The molecule has 0 radical (unpaired) electrons. The van der Waals surface area contributed by atoms with E-state index in [9.17, 15) is 4.79 Å². The molecule has 3 nitrogen and oxygen atoms in total. The van der Waals surface area contributed by atoms with Gasteiger partial charge in [0.05, 0.1) is 6.61 Å². The van der Waals surface area contributed by atoms with E-state index in [1.54, 1.807) is 6.92 Å². The highest BCUT2D eigenvalue weighted by atomic mass is 16.5. The number of hydrogen-bond donors (Lipinski definition) is 0. The summed E-state index contributed by atoms with van der Waals surface area (Å²) in [6.45, 7) is 6.46. The normalized spacial score (nSPS) is 10.0. The van der Waals surface area contributed by atoms with Gasteiger partial charge in [-0.05, 0) is 19.3 Å². The van der Waals surface area contributed by atoms with Crippen molar-refractivity contribution in [3.05, 3.63) is 12.2 Å². The van der Waals surface area contributed by atoms with Crippen molar-refractivity contribution in [3.63, 3.8) is 0 Å². The Kier molecular flexibility index (Phi) is 9.47. The van der Waals surface area contributed by atoms with Gasteiger partial charge in [-0.25, -0.2) is 4.79 Å². The fourth-order valence-electron chi connectivity index (χ4n) is 0.627. The Labute approximate surface area is 73.7 Å². The van der Waals surface area contributed by atoms with Crippen LogP contribution < -0.4 is 0 Å². The van der Waals surface area contributed by atoms with Crippen molar-refractivity contribution < 1.29 is 15.0 Å². The predicted molar refractivity (Wildman–Crippen MR) is 48.8 cm³/mol. The van der Waals surface area contributed by atoms with Crippen molar-refractivity contribution in [2.24, 2.45) is 5.92 Å². The molecule has 0 bridgehead atoms. The summed E-state index contributed by atoms with van der Waals surface area (Å²) in [6, 6.07) is 0. The molecule has 0 aromatic rings. The molecule has 0 aromatic carbocycles. The van der Waals surface area contributed by atoms with Crippen LogP contribution in [0.15, 0.2) is 12.2 Å². The van der Waals surface area contributed by atoms with Gasteiger partial charge in [0.1, 0.15) is 0 Å². The van der Waals surface area contributed by atoms with E-state index < -0.39 is 0 Å². The smallest absolute Gasteiger partial charge is 0.330 e. The topological polar surface area (TPSA) is 57.8 Å². The minimum absolute atomic E-state index is 0. The lowest BCUT2D eigenvalue weighted by molar-refractivity contribution is -0.137. The molecule has 0 rings (SSSR count). The zero-order chi connectivity index (χ0) is 8.69. The van der Waals surface area contributed by atoms with Gasteiger partial charge in [-0.15, -0.1) is 0 Å². The van der Waals surface area contributed by atoms with E-state index in [4.69, 9.17) is 4.74 Å². The zero-order valence-corrected chi connectivity index (χ0v) is 7.96. The molecule has 0 aliphatic heterocycles. The first-order valence-corrected chi connectivity index (χ1v) is 4.00. The van der Waals surface area contributed by atoms with Crippen LogP contribution in [0.25, 0.3) is 0 Å². The summed E-state index contributed by atoms with van der Waals surface area (Å²) < 4.78 is 4.70. The van der Waals surface area contributed by atoms with Crippen molar-refractivity contribution in [1.29, 1.82) is 0 Å². The maximum atomic E-state index is 10.7. The third kappa shape index (κ3) is 9.17. The Morgan fingerprint density at radius 3 is 2.50 bits per heavy atom. The molecule has 0 atom stereocenters. The second-order valence-corrected chi connectivity index (χ2v) is 2.78. The van der Waals surface area contributed by atoms with Crippen LogP contribution in [-0.2, 0) is 9.53 Å². The summed E-state index contributed by atoms with van der Waals surface area (Å²) in [5, 5.41) is 0. The summed E-state index contributed by atoms with van der Waals surface area (Å²) in [4.78, 5) is 10.7. The number of carbonyl (C=O) groups is 1. The van der Waals surface area contributed by atoms with E-state index in [0.717, 1.165) is 6.42 Å². The minimum atomic E-state index is -0.242. The van der Waals surface area contributed by atoms with Crippen LogP contribution in [0.5, 0.6) is 0 Å². The number of ether oxygens (including phenoxy) is 1. The number of hydrogen-bond acceptors (Lipinski definition) is 2. The van der Waals surface area contributed by atoms with E-state index in [-0.39, 0.29) is 11.4 Å². The van der Waals surface area contributed by atoms with Crippen LogP contribution in [0.2, 0.25) is 0 Å². The highest BCUT2D eigenvalue weighted by Crippen LogP contribution is 1.99. The first-order chi connectivity index (χ1) is 5.16. The average molecular weight is 174 g/mol. The standard InChI is InChI=1S/C9H16O2.H2O/c1-4-11-9(10)7-5-6-8(2)3;/h5,7-8H,4,6H2,1-3H3;1H2/b7-5+;. The van der Waals surface area contributed by atoms with Crippen LogP contribution in [0.4, 0.5) is 0 Å². The van der Waals surface area contributed by atoms with E-state index >= 15 is 0 Å². The van der Waals surface area contributed by atoms with Crippen LogP contribution in [0.1, 0.15) is 27.2 Å². The molecule has 0 heterocycles. The van der Waals surface area contributed by atoms with E-state index in [0.29, 0.717) is 12.5 Å². The average Bonchev–Trinajstić information content (AvgIpc) is 1.87. The van der Waals surface area contributed by atoms with Gasteiger partial charge < -0.3 is 10.2 Å². The van der Waals surface area contributed by atoms with Gasteiger partial charge in [-0.2, -0.15) is 0 Å². The molecule has 0 fully saturated rings. The van der Waals surface area contributed by atoms with Crippen molar-refractivity contribution in [1.82, 2.24) is 0 Å². The van der Waals surface area contributed by atoms with Gasteiger partial charge in [-0.1, -0.05) is 19.9 Å². The molecule has 0 spiro atoms. The van der Waals surface area contributed by atoms with Gasteiger partial charge in [0.15, 0.2) is 0 Å². The number of carbonyl (C=O) groups excluding carboxylic acids is 1. The van der Waals surface area contributed by atoms with E-state index in [1.165, 1.54) is 6.08 Å².